The number of carbonyl (C=O) groups is 1. The lowest BCUT2D eigenvalue weighted by molar-refractivity contribution is -0.143. The van der Waals surface area contributed by atoms with E-state index < -0.39 is 5.97 Å². The molecule has 1 aliphatic heterocycles. The Morgan fingerprint density at radius 3 is 2.79 bits per heavy atom. The molecule has 146 valence electrons. The van der Waals surface area contributed by atoms with Crippen molar-refractivity contribution in [2.24, 2.45) is 5.92 Å². The van der Waals surface area contributed by atoms with Crippen LogP contribution in [0.4, 0.5) is 0 Å². The van der Waals surface area contributed by atoms with E-state index in [2.05, 4.69) is 69.4 Å². The van der Waals surface area contributed by atoms with Crippen molar-refractivity contribution >= 4 is 27.5 Å². The Morgan fingerprint density at radius 2 is 1.93 bits per heavy atom. The molecule has 0 bridgehead atoms. The number of halogens is 1. The van der Waals surface area contributed by atoms with Crippen molar-refractivity contribution in [2.45, 2.75) is 32.1 Å². The van der Waals surface area contributed by atoms with Crippen molar-refractivity contribution < 1.29 is 9.90 Å². The minimum Gasteiger partial charge on any atom is -0.481 e. The van der Waals surface area contributed by atoms with Crippen molar-refractivity contribution in [3.63, 3.8) is 0 Å². The molecule has 0 saturated carbocycles. The van der Waals surface area contributed by atoms with Crippen molar-refractivity contribution in [1.29, 1.82) is 0 Å². The number of piperidine rings is 1. The van der Waals surface area contributed by atoms with E-state index in [1.807, 2.05) is 0 Å². The van der Waals surface area contributed by atoms with Crippen LogP contribution in [-0.2, 0) is 17.6 Å². The fraction of sp³-hybridized carbons (Fsp3) is 0.375. The molecule has 0 spiro atoms. The van der Waals surface area contributed by atoms with E-state index in [9.17, 15) is 9.90 Å². The van der Waals surface area contributed by atoms with E-state index in [-0.39, 0.29) is 5.92 Å². The molecular weight excluding hydrogens is 414 g/mol. The maximum absolute atomic E-state index is 11.3. The van der Waals surface area contributed by atoms with Gasteiger partial charge < -0.3 is 10.0 Å². The Morgan fingerprint density at radius 1 is 1.14 bits per heavy atom. The average molecular weight is 440 g/mol. The first-order chi connectivity index (χ1) is 13.6. The minimum absolute atomic E-state index is 0.210. The van der Waals surface area contributed by atoms with E-state index in [0.29, 0.717) is 6.54 Å². The molecule has 0 amide bonds. The molecule has 1 N–H and O–H groups in total. The van der Waals surface area contributed by atoms with E-state index >= 15 is 0 Å². The van der Waals surface area contributed by atoms with Crippen LogP contribution in [0.3, 0.4) is 0 Å². The van der Waals surface area contributed by atoms with Crippen LogP contribution in [0.5, 0.6) is 0 Å². The summed E-state index contributed by atoms with van der Waals surface area (Å²) in [7, 11) is 0. The first-order valence-corrected chi connectivity index (χ1v) is 10.9. The van der Waals surface area contributed by atoms with Gasteiger partial charge >= 0.3 is 5.97 Å². The highest BCUT2D eigenvalue weighted by Crippen LogP contribution is 2.35. The fourth-order valence-electron chi connectivity index (χ4n) is 4.52. The fourth-order valence-corrected chi connectivity index (χ4v) is 4.93. The van der Waals surface area contributed by atoms with Crippen molar-refractivity contribution in [1.82, 2.24) is 4.90 Å². The van der Waals surface area contributed by atoms with Gasteiger partial charge in [-0.05, 0) is 78.6 Å². The molecule has 0 radical (unpaired) electrons. The molecule has 4 rings (SSSR count). The smallest absolute Gasteiger partial charge is 0.307 e. The maximum Gasteiger partial charge on any atom is 0.307 e. The summed E-state index contributed by atoms with van der Waals surface area (Å²) in [6, 6.07) is 15.3. The van der Waals surface area contributed by atoms with E-state index in [0.717, 1.165) is 49.7 Å². The molecule has 1 fully saturated rings. The van der Waals surface area contributed by atoms with Crippen LogP contribution >= 0.6 is 15.9 Å². The van der Waals surface area contributed by atoms with Gasteiger partial charge in [0, 0.05) is 17.6 Å². The molecule has 28 heavy (non-hydrogen) atoms. The molecule has 1 heterocycles. The third kappa shape index (κ3) is 4.23. The number of hydrogen-bond acceptors (Lipinski definition) is 2. The van der Waals surface area contributed by atoms with Gasteiger partial charge in [-0.25, -0.2) is 0 Å². The molecule has 1 atom stereocenters. The molecule has 3 nitrogen and oxygen atoms in total. The van der Waals surface area contributed by atoms with Gasteiger partial charge in [-0.2, -0.15) is 0 Å². The number of fused-ring (bicyclic) bond motifs is 2. The Kier molecular flexibility index (Phi) is 5.98. The largest absolute Gasteiger partial charge is 0.481 e. The van der Waals surface area contributed by atoms with Gasteiger partial charge in [0.05, 0.1) is 5.92 Å². The molecular formula is C24H26BrNO2. The summed E-state index contributed by atoms with van der Waals surface area (Å²) in [6.45, 7) is 2.60. The predicted molar refractivity (Wildman–Crippen MR) is 116 cm³/mol. The zero-order valence-electron chi connectivity index (χ0n) is 16.0. The van der Waals surface area contributed by atoms with Crippen LogP contribution in [0, 0.1) is 5.92 Å². The molecule has 2 aliphatic rings. The van der Waals surface area contributed by atoms with Crippen molar-refractivity contribution in [2.75, 3.05) is 19.6 Å². The lowest BCUT2D eigenvalue weighted by Gasteiger charge is -2.30. The highest BCUT2D eigenvalue weighted by Gasteiger charge is 2.25. The Hall–Kier alpha value is -1.91. The second kappa shape index (κ2) is 8.62. The third-order valence-electron chi connectivity index (χ3n) is 5.98. The Labute approximate surface area is 175 Å². The highest BCUT2D eigenvalue weighted by atomic mass is 79.9. The number of likely N-dealkylation sites (tertiary alicyclic amines) is 1. The normalized spacial score (nSPS) is 21.0. The summed E-state index contributed by atoms with van der Waals surface area (Å²) < 4.78 is 1.13. The first-order valence-electron chi connectivity index (χ1n) is 10.1. The third-order valence-corrected chi connectivity index (χ3v) is 6.47. The first kappa shape index (κ1) is 19.4. The molecule has 4 heteroatoms. The summed E-state index contributed by atoms with van der Waals surface area (Å²) >= 11 is 3.62. The van der Waals surface area contributed by atoms with Gasteiger partial charge in [0.1, 0.15) is 0 Å². The van der Waals surface area contributed by atoms with Crippen LogP contribution in [0.2, 0.25) is 0 Å². The summed E-state index contributed by atoms with van der Waals surface area (Å²) in [5.74, 6) is -0.863. The molecule has 1 aliphatic carbocycles. The summed E-state index contributed by atoms with van der Waals surface area (Å²) in [5, 5.41) is 9.31. The van der Waals surface area contributed by atoms with Crippen molar-refractivity contribution in [3.05, 3.63) is 75.3 Å². The van der Waals surface area contributed by atoms with Crippen LogP contribution in [0.15, 0.2) is 53.0 Å². The minimum atomic E-state index is -0.653. The summed E-state index contributed by atoms with van der Waals surface area (Å²) in [5.41, 5.74) is 6.79. The number of aliphatic carboxylic acids is 1. The topological polar surface area (TPSA) is 40.5 Å². The average Bonchev–Trinajstić information content (AvgIpc) is 2.85. The Bertz CT molecular complexity index is 905. The predicted octanol–water partition coefficient (Wildman–Crippen LogP) is 5.17. The molecule has 0 unspecified atom stereocenters. The van der Waals surface area contributed by atoms with Gasteiger partial charge in [0.25, 0.3) is 0 Å². The SMILES string of the molecule is O=C(O)[C@@H]1CCCN(CCC=C2c3ccccc3CCc3cc(Br)ccc32)C1. The monoisotopic (exact) mass is 439 g/mol. The lowest BCUT2D eigenvalue weighted by atomic mass is 9.93. The van der Waals surface area contributed by atoms with Crippen LogP contribution in [-0.4, -0.2) is 35.6 Å². The number of nitrogens with zero attached hydrogens (tertiary/aromatic N) is 1. The van der Waals surface area contributed by atoms with E-state index in [1.165, 1.54) is 27.8 Å². The number of benzene rings is 2. The van der Waals surface area contributed by atoms with Gasteiger partial charge in [0.15, 0.2) is 0 Å². The molecule has 2 aromatic rings. The van der Waals surface area contributed by atoms with Crippen LogP contribution in [0.25, 0.3) is 5.57 Å². The molecule has 0 aromatic heterocycles. The van der Waals surface area contributed by atoms with Gasteiger partial charge in [-0.15, -0.1) is 0 Å². The quantitative estimate of drug-likeness (QED) is 0.714. The second-order valence-electron chi connectivity index (χ2n) is 7.84. The van der Waals surface area contributed by atoms with E-state index in [1.54, 1.807) is 0 Å². The number of carboxylic acid groups (broad SMARTS) is 1. The second-order valence-corrected chi connectivity index (χ2v) is 8.76. The Balaban J connectivity index is 1.58. The summed E-state index contributed by atoms with van der Waals surface area (Å²) in [6.07, 6.45) is 7.20. The summed E-state index contributed by atoms with van der Waals surface area (Å²) in [4.78, 5) is 13.6. The van der Waals surface area contributed by atoms with Gasteiger partial charge in [-0.1, -0.05) is 52.3 Å². The van der Waals surface area contributed by atoms with E-state index in [4.69, 9.17) is 0 Å². The molecule has 1 saturated heterocycles. The van der Waals surface area contributed by atoms with Crippen molar-refractivity contribution in [3.8, 4) is 0 Å². The number of rotatable bonds is 4. The highest BCUT2D eigenvalue weighted by molar-refractivity contribution is 9.10. The number of aryl methyl sites for hydroxylation is 2. The van der Waals surface area contributed by atoms with Crippen LogP contribution in [0.1, 0.15) is 41.5 Å². The number of hydrogen-bond donors (Lipinski definition) is 1. The molecule has 2 aromatic carbocycles. The maximum atomic E-state index is 11.3. The lowest BCUT2D eigenvalue weighted by Crippen LogP contribution is -2.39. The van der Waals surface area contributed by atoms with Crippen LogP contribution < -0.4 is 0 Å². The standard InChI is InChI=1S/C24H26BrNO2/c25-20-11-12-22-18(15-20)10-9-17-5-1-2-7-21(17)23(22)8-4-14-26-13-3-6-19(16-26)24(27)28/h1-2,5,7-8,11-12,15,19H,3-4,6,9-10,13-14,16H2,(H,27,28)/t19-/m1/s1. The zero-order valence-corrected chi connectivity index (χ0v) is 17.6. The zero-order chi connectivity index (χ0) is 19.5. The van der Waals surface area contributed by atoms with Gasteiger partial charge in [-0.3, -0.25) is 4.79 Å². The number of carboxylic acids is 1. The van der Waals surface area contributed by atoms with Gasteiger partial charge in [0.2, 0.25) is 0 Å².